The summed E-state index contributed by atoms with van der Waals surface area (Å²) in [5.74, 6) is 0.245. The van der Waals surface area contributed by atoms with Crippen molar-refractivity contribution in [2.24, 2.45) is 13.0 Å². The van der Waals surface area contributed by atoms with Crippen LogP contribution < -0.4 is 5.73 Å². The highest BCUT2D eigenvalue weighted by Crippen LogP contribution is 2.12. The van der Waals surface area contributed by atoms with E-state index in [2.05, 4.69) is 18.9 Å². The molecule has 1 rings (SSSR count). The third-order valence-corrected chi connectivity index (χ3v) is 2.50. The maximum atomic E-state index is 12.3. The van der Waals surface area contributed by atoms with Gasteiger partial charge in [0.2, 0.25) is 0 Å². The monoisotopic (exact) mass is 254 g/mol. The number of hydrogen-bond donors (Lipinski definition) is 1. The zero-order valence-electron chi connectivity index (χ0n) is 11.5. The van der Waals surface area contributed by atoms with Gasteiger partial charge in [-0.15, -0.1) is 0 Å². The number of nitrogens with two attached hydrogens (primary N) is 1. The van der Waals surface area contributed by atoms with Gasteiger partial charge in [0.1, 0.15) is 0 Å². The second-order valence-electron chi connectivity index (χ2n) is 4.74. The highest BCUT2D eigenvalue weighted by molar-refractivity contribution is 5.97. The fourth-order valence-corrected chi connectivity index (χ4v) is 1.74. The predicted molar refractivity (Wildman–Crippen MR) is 70.2 cm³/mol. The minimum atomic E-state index is -0.140. The summed E-state index contributed by atoms with van der Waals surface area (Å²) >= 11 is 0. The summed E-state index contributed by atoms with van der Waals surface area (Å²) in [5, 5.41) is 4.11. The zero-order chi connectivity index (χ0) is 13.7. The van der Waals surface area contributed by atoms with Crippen LogP contribution in [0.4, 0.5) is 5.69 Å². The predicted octanol–water partition coefficient (Wildman–Crippen LogP) is 0.747. The number of anilines is 1. The lowest BCUT2D eigenvalue weighted by atomic mass is 10.2. The average molecular weight is 254 g/mol. The van der Waals surface area contributed by atoms with Crippen molar-refractivity contribution in [2.45, 2.75) is 13.8 Å². The van der Waals surface area contributed by atoms with Crippen molar-refractivity contribution in [1.29, 1.82) is 0 Å². The molecule has 0 radical (unpaired) electrons. The molecule has 0 spiro atoms. The molecule has 0 saturated heterocycles. The van der Waals surface area contributed by atoms with Gasteiger partial charge in [0.25, 0.3) is 5.91 Å². The Kier molecular flexibility index (Phi) is 5.15. The molecule has 18 heavy (non-hydrogen) atoms. The average Bonchev–Trinajstić information content (AvgIpc) is 2.62. The van der Waals surface area contributed by atoms with Crippen LogP contribution in [0.5, 0.6) is 0 Å². The number of amides is 1. The Labute approximate surface area is 108 Å². The van der Waals surface area contributed by atoms with Crippen LogP contribution in [-0.4, -0.2) is 47.4 Å². The first kappa shape index (κ1) is 14.5. The minimum absolute atomic E-state index is 0.140. The first-order chi connectivity index (χ1) is 8.45. The normalized spacial score (nSPS) is 10.9. The molecular formula is C12H22N4O2. The number of aromatic nitrogens is 2. The summed E-state index contributed by atoms with van der Waals surface area (Å²) in [6, 6.07) is 0. The molecule has 1 aromatic rings. The molecule has 0 aliphatic heterocycles. The smallest absolute Gasteiger partial charge is 0.276 e. The molecule has 0 saturated carbocycles. The summed E-state index contributed by atoms with van der Waals surface area (Å²) in [6.07, 6.45) is 1.64. The number of methoxy groups -OCH3 is 1. The van der Waals surface area contributed by atoms with Crippen molar-refractivity contribution in [2.75, 3.05) is 32.5 Å². The SMILES string of the molecule is COCCN(CC(C)C)C(=O)c1nn(C)cc1N. The maximum Gasteiger partial charge on any atom is 0.276 e. The molecule has 2 N–H and O–H groups in total. The number of ether oxygens (including phenoxy) is 1. The summed E-state index contributed by atoms with van der Waals surface area (Å²) in [7, 11) is 3.36. The molecule has 1 aromatic heterocycles. The summed E-state index contributed by atoms with van der Waals surface area (Å²) in [6.45, 7) is 5.84. The topological polar surface area (TPSA) is 73.4 Å². The number of nitrogen functional groups attached to an aromatic ring is 1. The number of hydrogen-bond acceptors (Lipinski definition) is 4. The van der Waals surface area contributed by atoms with Crippen LogP contribution in [0.2, 0.25) is 0 Å². The van der Waals surface area contributed by atoms with Crippen LogP contribution in [0.25, 0.3) is 0 Å². The fraction of sp³-hybridized carbons (Fsp3) is 0.667. The van der Waals surface area contributed by atoms with Gasteiger partial charge in [0, 0.05) is 33.4 Å². The van der Waals surface area contributed by atoms with E-state index in [0.29, 0.717) is 37.0 Å². The van der Waals surface area contributed by atoms with E-state index in [1.165, 1.54) is 0 Å². The molecule has 0 unspecified atom stereocenters. The summed E-state index contributed by atoms with van der Waals surface area (Å²) < 4.78 is 6.57. The Morgan fingerprint density at radius 1 is 1.61 bits per heavy atom. The molecule has 0 aliphatic carbocycles. The van der Waals surface area contributed by atoms with Crippen molar-refractivity contribution >= 4 is 11.6 Å². The van der Waals surface area contributed by atoms with Gasteiger partial charge in [0.05, 0.1) is 12.3 Å². The Balaban J connectivity index is 2.83. The number of carbonyl (C=O) groups excluding carboxylic acids is 1. The van der Waals surface area contributed by atoms with E-state index in [4.69, 9.17) is 10.5 Å². The number of nitrogens with zero attached hydrogens (tertiary/aromatic N) is 3. The lowest BCUT2D eigenvalue weighted by molar-refractivity contribution is 0.0667. The summed E-state index contributed by atoms with van der Waals surface area (Å²) in [4.78, 5) is 14.1. The van der Waals surface area contributed by atoms with Crippen molar-refractivity contribution in [3.05, 3.63) is 11.9 Å². The quantitative estimate of drug-likeness (QED) is 0.813. The first-order valence-electron chi connectivity index (χ1n) is 6.03. The summed E-state index contributed by atoms with van der Waals surface area (Å²) in [5.41, 5.74) is 6.50. The van der Waals surface area contributed by atoms with Crippen molar-refractivity contribution in [3.63, 3.8) is 0 Å². The van der Waals surface area contributed by atoms with Crippen molar-refractivity contribution < 1.29 is 9.53 Å². The van der Waals surface area contributed by atoms with Gasteiger partial charge in [-0.2, -0.15) is 5.10 Å². The van der Waals surface area contributed by atoms with Crippen LogP contribution in [0, 0.1) is 5.92 Å². The third kappa shape index (κ3) is 3.73. The molecular weight excluding hydrogens is 232 g/mol. The second kappa shape index (κ2) is 6.39. The molecule has 6 nitrogen and oxygen atoms in total. The van der Waals surface area contributed by atoms with E-state index in [9.17, 15) is 4.79 Å². The lowest BCUT2D eigenvalue weighted by Crippen LogP contribution is -2.37. The number of carbonyl (C=O) groups is 1. The Hall–Kier alpha value is -1.56. The van der Waals surface area contributed by atoms with E-state index in [-0.39, 0.29) is 5.91 Å². The van der Waals surface area contributed by atoms with E-state index < -0.39 is 0 Å². The van der Waals surface area contributed by atoms with Crippen LogP contribution in [0.1, 0.15) is 24.3 Å². The highest BCUT2D eigenvalue weighted by atomic mass is 16.5. The Bertz CT molecular complexity index is 401. The van der Waals surface area contributed by atoms with Crippen molar-refractivity contribution in [3.8, 4) is 0 Å². The molecule has 1 amide bonds. The van der Waals surface area contributed by atoms with E-state index in [1.807, 2.05) is 0 Å². The Morgan fingerprint density at radius 3 is 2.72 bits per heavy atom. The van der Waals surface area contributed by atoms with Crippen LogP contribution >= 0.6 is 0 Å². The van der Waals surface area contributed by atoms with Crippen LogP contribution in [-0.2, 0) is 11.8 Å². The lowest BCUT2D eigenvalue weighted by Gasteiger charge is -2.23. The standard InChI is InChI=1S/C12H22N4O2/c1-9(2)7-16(5-6-18-4)12(17)11-10(13)8-15(3)14-11/h8-9H,5-7,13H2,1-4H3. The molecule has 0 atom stereocenters. The maximum absolute atomic E-state index is 12.3. The Morgan fingerprint density at radius 2 is 2.28 bits per heavy atom. The van der Waals surface area contributed by atoms with Crippen LogP contribution in [0.15, 0.2) is 6.20 Å². The van der Waals surface area contributed by atoms with Gasteiger partial charge < -0.3 is 15.4 Å². The van der Waals surface area contributed by atoms with Gasteiger partial charge in [-0.1, -0.05) is 13.8 Å². The zero-order valence-corrected chi connectivity index (χ0v) is 11.5. The molecule has 0 aromatic carbocycles. The van der Waals surface area contributed by atoms with E-state index in [1.54, 1.807) is 29.9 Å². The highest BCUT2D eigenvalue weighted by Gasteiger charge is 2.21. The molecule has 0 aliphatic rings. The first-order valence-corrected chi connectivity index (χ1v) is 6.03. The second-order valence-corrected chi connectivity index (χ2v) is 4.74. The molecule has 0 bridgehead atoms. The van der Waals surface area contributed by atoms with Crippen LogP contribution in [0.3, 0.4) is 0 Å². The van der Waals surface area contributed by atoms with Gasteiger partial charge in [-0.05, 0) is 5.92 Å². The molecule has 6 heteroatoms. The fourth-order valence-electron chi connectivity index (χ4n) is 1.74. The van der Waals surface area contributed by atoms with Gasteiger partial charge >= 0.3 is 0 Å². The molecule has 102 valence electrons. The number of rotatable bonds is 6. The molecule has 0 fully saturated rings. The van der Waals surface area contributed by atoms with Crippen molar-refractivity contribution in [1.82, 2.24) is 14.7 Å². The van der Waals surface area contributed by atoms with Gasteiger partial charge in [0.15, 0.2) is 5.69 Å². The van der Waals surface area contributed by atoms with E-state index in [0.717, 1.165) is 0 Å². The van der Waals surface area contributed by atoms with Gasteiger partial charge in [-0.3, -0.25) is 9.48 Å². The van der Waals surface area contributed by atoms with E-state index >= 15 is 0 Å². The molecule has 1 heterocycles. The third-order valence-electron chi connectivity index (χ3n) is 2.50. The largest absolute Gasteiger partial charge is 0.396 e. The minimum Gasteiger partial charge on any atom is -0.396 e. The number of aryl methyl sites for hydroxylation is 1. The van der Waals surface area contributed by atoms with Gasteiger partial charge in [-0.25, -0.2) is 0 Å².